The van der Waals surface area contributed by atoms with Gasteiger partial charge in [-0.3, -0.25) is 14.5 Å². The molecule has 1 saturated heterocycles. The van der Waals surface area contributed by atoms with E-state index in [-0.39, 0.29) is 24.2 Å². The molecular formula is C19H22FN3O3. The van der Waals surface area contributed by atoms with Gasteiger partial charge in [-0.05, 0) is 24.3 Å². The minimum Gasteiger partial charge on any atom is -0.461 e. The van der Waals surface area contributed by atoms with Gasteiger partial charge >= 0.3 is 0 Å². The van der Waals surface area contributed by atoms with Crippen LogP contribution in [0.3, 0.4) is 0 Å². The zero-order valence-corrected chi connectivity index (χ0v) is 14.5. The summed E-state index contributed by atoms with van der Waals surface area (Å²) >= 11 is 0. The van der Waals surface area contributed by atoms with Crippen molar-refractivity contribution >= 4 is 11.8 Å². The molecule has 2 aromatic rings. The van der Waals surface area contributed by atoms with E-state index in [9.17, 15) is 14.0 Å². The quantitative estimate of drug-likeness (QED) is 0.850. The van der Waals surface area contributed by atoms with Crippen LogP contribution in [0.25, 0.3) is 11.3 Å². The molecule has 26 heavy (non-hydrogen) atoms. The lowest BCUT2D eigenvalue weighted by Crippen LogP contribution is -2.50. The number of amides is 2. The van der Waals surface area contributed by atoms with Crippen molar-refractivity contribution in [3.8, 4) is 11.3 Å². The van der Waals surface area contributed by atoms with Crippen molar-refractivity contribution in [1.29, 1.82) is 0 Å². The Balaban J connectivity index is 1.50. The second-order valence-corrected chi connectivity index (χ2v) is 6.37. The lowest BCUT2D eigenvalue weighted by molar-refractivity contribution is -0.133. The molecule has 138 valence electrons. The van der Waals surface area contributed by atoms with Crippen LogP contribution in [0.1, 0.15) is 12.2 Å². The van der Waals surface area contributed by atoms with Crippen LogP contribution in [-0.4, -0.2) is 54.3 Å². The third kappa shape index (κ3) is 4.49. The van der Waals surface area contributed by atoms with Gasteiger partial charge in [0.05, 0.1) is 12.1 Å². The third-order valence-electron chi connectivity index (χ3n) is 4.49. The Kier molecular flexibility index (Phi) is 5.68. The van der Waals surface area contributed by atoms with E-state index in [0.29, 0.717) is 56.1 Å². The Morgan fingerprint density at radius 3 is 2.50 bits per heavy atom. The summed E-state index contributed by atoms with van der Waals surface area (Å²) in [5.74, 6) is 0.480. The molecule has 2 amide bonds. The average molecular weight is 359 g/mol. The van der Waals surface area contributed by atoms with E-state index >= 15 is 0 Å². The normalized spacial score (nSPS) is 15.2. The maximum Gasteiger partial charge on any atom is 0.231 e. The van der Waals surface area contributed by atoms with Crippen molar-refractivity contribution in [1.82, 2.24) is 9.80 Å². The number of nitrogens with two attached hydrogens (primary N) is 1. The predicted molar refractivity (Wildman–Crippen MR) is 94.6 cm³/mol. The minimum atomic E-state index is -0.353. The molecule has 0 bridgehead atoms. The van der Waals surface area contributed by atoms with Gasteiger partial charge in [0.2, 0.25) is 11.8 Å². The molecular weight excluding hydrogens is 337 g/mol. The predicted octanol–water partition coefficient (Wildman–Crippen LogP) is 1.65. The van der Waals surface area contributed by atoms with Gasteiger partial charge in [0.25, 0.3) is 0 Å². The van der Waals surface area contributed by atoms with E-state index in [1.54, 1.807) is 35.2 Å². The van der Waals surface area contributed by atoms with Gasteiger partial charge < -0.3 is 15.1 Å². The number of nitrogens with zero attached hydrogens (tertiary/aromatic N) is 2. The van der Waals surface area contributed by atoms with Gasteiger partial charge in [-0.15, -0.1) is 0 Å². The second-order valence-electron chi connectivity index (χ2n) is 6.37. The fourth-order valence-electron chi connectivity index (χ4n) is 3.08. The largest absolute Gasteiger partial charge is 0.461 e. The number of aryl methyl sites for hydroxylation is 1. The Morgan fingerprint density at radius 2 is 1.81 bits per heavy atom. The number of halogens is 1. The number of piperazine rings is 1. The number of carbonyl (C=O) groups excluding carboxylic acids is 2. The van der Waals surface area contributed by atoms with Crippen molar-refractivity contribution in [3.05, 3.63) is 48.0 Å². The molecule has 0 atom stereocenters. The van der Waals surface area contributed by atoms with Crippen LogP contribution in [-0.2, 0) is 16.0 Å². The second kappa shape index (κ2) is 8.14. The van der Waals surface area contributed by atoms with Crippen molar-refractivity contribution < 1.29 is 18.4 Å². The molecule has 7 heteroatoms. The Morgan fingerprint density at radius 1 is 1.08 bits per heavy atom. The van der Waals surface area contributed by atoms with Gasteiger partial charge in [0.15, 0.2) is 0 Å². The first-order chi connectivity index (χ1) is 12.5. The van der Waals surface area contributed by atoms with E-state index in [0.717, 1.165) is 0 Å². The number of furan rings is 1. The van der Waals surface area contributed by atoms with E-state index in [4.69, 9.17) is 10.2 Å². The zero-order valence-electron chi connectivity index (χ0n) is 14.5. The molecule has 3 rings (SSSR count). The summed E-state index contributed by atoms with van der Waals surface area (Å²) in [6, 6.07) is 9.93. The minimum absolute atomic E-state index is 0.0487. The Labute approximate surface area is 151 Å². The van der Waals surface area contributed by atoms with Crippen LogP contribution < -0.4 is 5.73 Å². The molecule has 2 heterocycles. The number of hydrogen-bond acceptors (Lipinski definition) is 4. The van der Waals surface area contributed by atoms with E-state index in [1.807, 2.05) is 4.90 Å². The van der Waals surface area contributed by atoms with Gasteiger partial charge in [-0.25, -0.2) is 4.39 Å². The molecule has 2 N–H and O–H groups in total. The molecule has 0 spiro atoms. The zero-order chi connectivity index (χ0) is 18.5. The monoisotopic (exact) mass is 359 g/mol. The molecule has 1 aliphatic rings. The topological polar surface area (TPSA) is 79.8 Å². The number of benzene rings is 1. The summed E-state index contributed by atoms with van der Waals surface area (Å²) in [6.07, 6.45) is 0.800. The van der Waals surface area contributed by atoms with Gasteiger partial charge in [0, 0.05) is 39.0 Å². The van der Waals surface area contributed by atoms with Crippen LogP contribution >= 0.6 is 0 Å². The average Bonchev–Trinajstić information content (AvgIpc) is 3.09. The highest BCUT2D eigenvalue weighted by atomic mass is 19.1. The first-order valence-corrected chi connectivity index (χ1v) is 8.65. The molecule has 1 aliphatic heterocycles. The summed E-state index contributed by atoms with van der Waals surface area (Å²) in [4.78, 5) is 27.0. The van der Waals surface area contributed by atoms with Crippen LogP contribution in [0.4, 0.5) is 4.39 Å². The number of carbonyl (C=O) groups is 2. The summed E-state index contributed by atoms with van der Waals surface area (Å²) < 4.78 is 19.5. The van der Waals surface area contributed by atoms with Crippen molar-refractivity contribution in [2.75, 3.05) is 32.7 Å². The Bertz CT molecular complexity index is 782. The molecule has 0 unspecified atom stereocenters. The van der Waals surface area contributed by atoms with Crippen LogP contribution in [0.15, 0.2) is 40.8 Å². The van der Waals surface area contributed by atoms with Crippen molar-refractivity contribution in [3.63, 3.8) is 0 Å². The SMILES string of the molecule is NC(=O)CN1CCN(C(=O)CCc2ccc(-c3ccccc3F)o2)CC1. The van der Waals surface area contributed by atoms with E-state index in [1.165, 1.54) is 6.07 Å². The fourth-order valence-corrected chi connectivity index (χ4v) is 3.08. The molecule has 6 nitrogen and oxygen atoms in total. The van der Waals surface area contributed by atoms with Crippen molar-refractivity contribution in [2.45, 2.75) is 12.8 Å². The maximum absolute atomic E-state index is 13.8. The first-order valence-electron chi connectivity index (χ1n) is 8.65. The summed E-state index contributed by atoms with van der Waals surface area (Å²) in [6.45, 7) is 2.70. The Hall–Kier alpha value is -2.67. The highest BCUT2D eigenvalue weighted by molar-refractivity contribution is 5.77. The molecule has 0 radical (unpaired) electrons. The van der Waals surface area contributed by atoms with Crippen LogP contribution in [0.2, 0.25) is 0 Å². The highest BCUT2D eigenvalue weighted by Crippen LogP contribution is 2.25. The third-order valence-corrected chi connectivity index (χ3v) is 4.49. The van der Waals surface area contributed by atoms with Crippen molar-refractivity contribution in [2.24, 2.45) is 5.73 Å². The number of hydrogen-bond donors (Lipinski definition) is 1. The van der Waals surface area contributed by atoms with E-state index < -0.39 is 0 Å². The van der Waals surface area contributed by atoms with Crippen LogP contribution in [0, 0.1) is 5.82 Å². The summed E-state index contributed by atoms with van der Waals surface area (Å²) in [5, 5.41) is 0. The lowest BCUT2D eigenvalue weighted by atomic mass is 10.1. The van der Waals surface area contributed by atoms with Gasteiger partial charge in [-0.2, -0.15) is 0 Å². The molecule has 1 fully saturated rings. The van der Waals surface area contributed by atoms with Gasteiger partial charge in [-0.1, -0.05) is 12.1 Å². The molecule has 1 aromatic heterocycles. The maximum atomic E-state index is 13.8. The highest BCUT2D eigenvalue weighted by Gasteiger charge is 2.22. The fraction of sp³-hybridized carbons (Fsp3) is 0.368. The van der Waals surface area contributed by atoms with Crippen LogP contribution in [0.5, 0.6) is 0 Å². The number of rotatable bonds is 6. The molecule has 0 aliphatic carbocycles. The number of primary amides is 1. The smallest absolute Gasteiger partial charge is 0.231 e. The lowest BCUT2D eigenvalue weighted by Gasteiger charge is -2.34. The first kappa shape index (κ1) is 18.1. The summed E-state index contributed by atoms with van der Waals surface area (Å²) in [7, 11) is 0. The molecule has 1 aromatic carbocycles. The molecule has 0 saturated carbocycles. The summed E-state index contributed by atoms with van der Waals surface area (Å²) in [5.41, 5.74) is 5.60. The standard InChI is InChI=1S/C19H22FN3O3/c20-16-4-2-1-3-15(16)17-7-5-14(26-17)6-8-19(25)23-11-9-22(10-12-23)13-18(21)24/h1-5,7H,6,8-13H2,(H2,21,24). The van der Waals surface area contributed by atoms with Gasteiger partial charge in [0.1, 0.15) is 17.3 Å². The van der Waals surface area contributed by atoms with E-state index in [2.05, 4.69) is 0 Å².